The van der Waals surface area contributed by atoms with Crippen LogP contribution >= 0.6 is 0 Å². The lowest BCUT2D eigenvalue weighted by Gasteiger charge is -2.12. The van der Waals surface area contributed by atoms with E-state index in [9.17, 15) is 0 Å². The molecule has 0 amide bonds. The topological polar surface area (TPSA) is 53.1 Å². The van der Waals surface area contributed by atoms with Gasteiger partial charge in [0.2, 0.25) is 0 Å². The third kappa shape index (κ3) is 3.44. The van der Waals surface area contributed by atoms with E-state index in [2.05, 4.69) is 42.7 Å². The second-order valence-corrected chi connectivity index (χ2v) is 6.15. The summed E-state index contributed by atoms with van der Waals surface area (Å²) in [5.74, 6) is 1.89. The van der Waals surface area contributed by atoms with E-state index in [-0.39, 0.29) is 0 Å². The summed E-state index contributed by atoms with van der Waals surface area (Å²) in [4.78, 5) is 4.77. The maximum Gasteiger partial charge on any atom is 0.147 e. The molecular formula is C20H25N3O. The number of aryl methyl sites for hydroxylation is 2. The third-order valence-electron chi connectivity index (χ3n) is 4.48. The first-order valence-corrected chi connectivity index (χ1v) is 8.54. The summed E-state index contributed by atoms with van der Waals surface area (Å²) >= 11 is 0. The molecule has 3 rings (SSSR count). The van der Waals surface area contributed by atoms with Crippen molar-refractivity contribution in [1.29, 1.82) is 0 Å². The number of fused-ring (bicyclic) bond motifs is 1. The average Bonchev–Trinajstić information content (AvgIpc) is 2.94. The van der Waals surface area contributed by atoms with E-state index in [1.165, 1.54) is 11.1 Å². The van der Waals surface area contributed by atoms with Gasteiger partial charge in [-0.15, -0.1) is 0 Å². The minimum Gasteiger partial charge on any atom is -0.485 e. The highest BCUT2D eigenvalue weighted by Crippen LogP contribution is 2.23. The second-order valence-electron chi connectivity index (χ2n) is 6.15. The van der Waals surface area contributed by atoms with Crippen LogP contribution in [0.1, 0.15) is 29.8 Å². The van der Waals surface area contributed by atoms with Crippen molar-refractivity contribution in [3.8, 4) is 5.75 Å². The Bertz CT molecular complexity index is 823. The molecule has 3 aromatic rings. The molecule has 0 saturated carbocycles. The van der Waals surface area contributed by atoms with E-state index < -0.39 is 0 Å². The van der Waals surface area contributed by atoms with Crippen molar-refractivity contribution in [3.63, 3.8) is 0 Å². The van der Waals surface area contributed by atoms with E-state index in [0.29, 0.717) is 6.61 Å². The number of hydrogen-bond donors (Lipinski definition) is 1. The van der Waals surface area contributed by atoms with Gasteiger partial charge in [0, 0.05) is 6.54 Å². The monoisotopic (exact) mass is 323 g/mol. The van der Waals surface area contributed by atoms with Crippen molar-refractivity contribution in [2.24, 2.45) is 5.73 Å². The molecule has 0 aliphatic carbocycles. The molecule has 126 valence electrons. The van der Waals surface area contributed by atoms with Crippen molar-refractivity contribution in [2.45, 2.75) is 39.8 Å². The van der Waals surface area contributed by atoms with Crippen LogP contribution < -0.4 is 10.5 Å². The maximum atomic E-state index is 6.07. The lowest BCUT2D eigenvalue weighted by Crippen LogP contribution is -2.09. The normalized spacial score (nSPS) is 11.1. The molecule has 0 saturated heterocycles. The Morgan fingerprint density at radius 1 is 1.04 bits per heavy atom. The predicted octanol–water partition coefficient (Wildman–Crippen LogP) is 3.97. The van der Waals surface area contributed by atoms with Crippen molar-refractivity contribution in [1.82, 2.24) is 9.55 Å². The molecule has 0 bridgehead atoms. The van der Waals surface area contributed by atoms with Crippen LogP contribution in [0.5, 0.6) is 5.75 Å². The van der Waals surface area contributed by atoms with Crippen LogP contribution in [0.3, 0.4) is 0 Å². The summed E-state index contributed by atoms with van der Waals surface area (Å²) in [5.41, 5.74) is 10.2. The number of nitrogens with zero attached hydrogens (tertiary/aromatic N) is 2. The molecule has 0 atom stereocenters. The van der Waals surface area contributed by atoms with E-state index in [4.69, 9.17) is 15.5 Å². The first kappa shape index (κ1) is 16.5. The molecule has 0 aliphatic heterocycles. The zero-order chi connectivity index (χ0) is 16.9. The van der Waals surface area contributed by atoms with Crippen molar-refractivity contribution < 1.29 is 4.74 Å². The van der Waals surface area contributed by atoms with Crippen LogP contribution in [-0.4, -0.2) is 16.1 Å². The van der Waals surface area contributed by atoms with Gasteiger partial charge in [0.1, 0.15) is 18.2 Å². The lowest BCUT2D eigenvalue weighted by molar-refractivity contribution is 0.287. The standard InChI is InChI=1S/C20H25N3O/c1-15-8-7-11-19(16(15)2)24-14-20-22-17-9-3-4-10-18(17)23(20)13-6-5-12-21/h3-4,7-11H,5-6,12-14,21H2,1-2H3. The number of imidazole rings is 1. The summed E-state index contributed by atoms with van der Waals surface area (Å²) in [6.07, 6.45) is 2.07. The second kappa shape index (κ2) is 7.49. The van der Waals surface area contributed by atoms with Gasteiger partial charge in [0.25, 0.3) is 0 Å². The van der Waals surface area contributed by atoms with Gasteiger partial charge < -0.3 is 15.0 Å². The van der Waals surface area contributed by atoms with Crippen LogP contribution in [0, 0.1) is 13.8 Å². The minimum absolute atomic E-state index is 0.474. The van der Waals surface area contributed by atoms with Gasteiger partial charge in [-0.2, -0.15) is 0 Å². The van der Waals surface area contributed by atoms with Gasteiger partial charge in [0.15, 0.2) is 0 Å². The highest BCUT2D eigenvalue weighted by atomic mass is 16.5. The third-order valence-corrected chi connectivity index (χ3v) is 4.48. The summed E-state index contributed by atoms with van der Waals surface area (Å²) in [6, 6.07) is 14.4. The number of para-hydroxylation sites is 2. The highest BCUT2D eigenvalue weighted by Gasteiger charge is 2.11. The van der Waals surface area contributed by atoms with E-state index >= 15 is 0 Å². The first-order valence-electron chi connectivity index (χ1n) is 8.54. The molecule has 0 fully saturated rings. The fraction of sp³-hybridized carbons (Fsp3) is 0.350. The van der Waals surface area contributed by atoms with Gasteiger partial charge in [-0.1, -0.05) is 24.3 Å². The Labute approximate surface area is 143 Å². The molecule has 1 heterocycles. The minimum atomic E-state index is 0.474. The molecule has 24 heavy (non-hydrogen) atoms. The largest absolute Gasteiger partial charge is 0.485 e. The number of unbranched alkanes of at least 4 members (excludes halogenated alkanes) is 1. The Hall–Kier alpha value is -2.33. The van der Waals surface area contributed by atoms with Gasteiger partial charge in [0.05, 0.1) is 11.0 Å². The molecule has 0 aliphatic rings. The van der Waals surface area contributed by atoms with Crippen molar-refractivity contribution in [3.05, 3.63) is 59.4 Å². The molecular weight excluding hydrogens is 298 g/mol. The summed E-state index contributed by atoms with van der Waals surface area (Å²) in [5, 5.41) is 0. The van der Waals surface area contributed by atoms with Gasteiger partial charge in [-0.05, 0) is 62.6 Å². The van der Waals surface area contributed by atoms with E-state index in [1.807, 2.05) is 18.2 Å². The maximum absolute atomic E-state index is 6.07. The van der Waals surface area contributed by atoms with E-state index in [1.54, 1.807) is 0 Å². The molecule has 1 aromatic heterocycles. The Balaban J connectivity index is 1.85. The molecule has 0 radical (unpaired) electrons. The molecule has 0 spiro atoms. The summed E-state index contributed by atoms with van der Waals surface area (Å²) in [6.45, 7) is 6.31. The Morgan fingerprint density at radius 2 is 1.88 bits per heavy atom. The number of ether oxygens (including phenoxy) is 1. The van der Waals surface area contributed by atoms with Gasteiger partial charge >= 0.3 is 0 Å². The molecule has 2 N–H and O–H groups in total. The Morgan fingerprint density at radius 3 is 2.71 bits per heavy atom. The number of aromatic nitrogens is 2. The summed E-state index contributed by atoms with van der Waals surface area (Å²) < 4.78 is 8.33. The van der Waals surface area contributed by atoms with Crippen LogP contribution in [0.2, 0.25) is 0 Å². The van der Waals surface area contributed by atoms with Crippen LogP contribution in [-0.2, 0) is 13.2 Å². The molecule has 4 heteroatoms. The Kier molecular flexibility index (Phi) is 5.16. The molecule has 2 aromatic carbocycles. The van der Waals surface area contributed by atoms with Crippen LogP contribution in [0.15, 0.2) is 42.5 Å². The highest BCUT2D eigenvalue weighted by molar-refractivity contribution is 5.75. The van der Waals surface area contributed by atoms with Crippen molar-refractivity contribution in [2.75, 3.05) is 6.54 Å². The summed E-state index contributed by atoms with van der Waals surface area (Å²) in [7, 11) is 0. The quantitative estimate of drug-likeness (QED) is 0.669. The lowest BCUT2D eigenvalue weighted by atomic mass is 10.1. The average molecular weight is 323 g/mol. The number of benzene rings is 2. The smallest absolute Gasteiger partial charge is 0.147 e. The SMILES string of the molecule is Cc1cccc(OCc2nc3ccccc3n2CCCCN)c1C. The molecule has 0 unspecified atom stereocenters. The van der Waals surface area contributed by atoms with Crippen molar-refractivity contribution >= 4 is 11.0 Å². The fourth-order valence-corrected chi connectivity index (χ4v) is 2.92. The first-order chi connectivity index (χ1) is 11.7. The van der Waals surface area contributed by atoms with E-state index in [0.717, 1.165) is 48.5 Å². The zero-order valence-corrected chi connectivity index (χ0v) is 14.5. The number of hydrogen-bond acceptors (Lipinski definition) is 3. The molecule has 4 nitrogen and oxygen atoms in total. The number of nitrogens with two attached hydrogens (primary N) is 1. The van der Waals surface area contributed by atoms with Crippen LogP contribution in [0.25, 0.3) is 11.0 Å². The van der Waals surface area contributed by atoms with Gasteiger partial charge in [-0.25, -0.2) is 4.98 Å². The predicted molar refractivity (Wildman–Crippen MR) is 98.3 cm³/mol. The van der Waals surface area contributed by atoms with Crippen LogP contribution in [0.4, 0.5) is 0 Å². The van der Waals surface area contributed by atoms with Gasteiger partial charge in [-0.3, -0.25) is 0 Å². The number of rotatable bonds is 7. The zero-order valence-electron chi connectivity index (χ0n) is 14.5. The fourth-order valence-electron chi connectivity index (χ4n) is 2.92.